The lowest BCUT2D eigenvalue weighted by molar-refractivity contribution is -0.120. The van der Waals surface area contributed by atoms with Crippen LogP contribution in [-0.4, -0.2) is 35.9 Å². The van der Waals surface area contributed by atoms with Gasteiger partial charge in [-0.2, -0.15) is 5.10 Å². The third-order valence-electron chi connectivity index (χ3n) is 3.56. The SMILES string of the molecule is COC(=O)c1ccc(/C=N\NC(=O)CCSc2nc3ccccc3s2)cc1. The molecule has 0 unspecified atom stereocenters. The van der Waals surface area contributed by atoms with Crippen molar-refractivity contribution in [2.75, 3.05) is 12.9 Å². The van der Waals surface area contributed by atoms with E-state index in [-0.39, 0.29) is 5.91 Å². The van der Waals surface area contributed by atoms with Crippen molar-refractivity contribution in [3.8, 4) is 0 Å². The smallest absolute Gasteiger partial charge is 0.337 e. The number of benzene rings is 2. The molecule has 6 nitrogen and oxygen atoms in total. The fourth-order valence-corrected chi connectivity index (χ4v) is 4.28. The van der Waals surface area contributed by atoms with Gasteiger partial charge < -0.3 is 4.74 Å². The monoisotopic (exact) mass is 399 g/mol. The van der Waals surface area contributed by atoms with Crippen LogP contribution in [0.25, 0.3) is 10.2 Å². The zero-order valence-corrected chi connectivity index (χ0v) is 16.2. The van der Waals surface area contributed by atoms with Gasteiger partial charge in [0.15, 0.2) is 4.34 Å². The highest BCUT2D eigenvalue weighted by atomic mass is 32.2. The Hall–Kier alpha value is -2.71. The number of fused-ring (bicyclic) bond motifs is 1. The van der Waals surface area contributed by atoms with Crippen molar-refractivity contribution in [3.05, 3.63) is 59.7 Å². The summed E-state index contributed by atoms with van der Waals surface area (Å²) >= 11 is 3.19. The third-order valence-corrected chi connectivity index (χ3v) is 5.74. The van der Waals surface area contributed by atoms with Crippen molar-refractivity contribution in [3.63, 3.8) is 0 Å². The van der Waals surface area contributed by atoms with Crippen molar-refractivity contribution < 1.29 is 14.3 Å². The van der Waals surface area contributed by atoms with Crippen LogP contribution in [0.5, 0.6) is 0 Å². The first-order valence-electron chi connectivity index (χ1n) is 8.14. The molecule has 27 heavy (non-hydrogen) atoms. The number of thiazole rings is 1. The Morgan fingerprint density at radius 1 is 1.22 bits per heavy atom. The maximum absolute atomic E-state index is 11.9. The van der Waals surface area contributed by atoms with E-state index in [1.807, 2.05) is 24.3 Å². The molecule has 8 heteroatoms. The summed E-state index contributed by atoms with van der Waals surface area (Å²) in [5.41, 5.74) is 4.72. The summed E-state index contributed by atoms with van der Waals surface area (Å²) in [6.45, 7) is 0. The van der Waals surface area contributed by atoms with Gasteiger partial charge in [0.05, 0.1) is 29.1 Å². The maximum atomic E-state index is 11.9. The Balaban J connectivity index is 1.42. The van der Waals surface area contributed by atoms with Gasteiger partial charge in [0.25, 0.3) is 0 Å². The van der Waals surface area contributed by atoms with Gasteiger partial charge in [0.1, 0.15) is 0 Å². The number of rotatable bonds is 7. The van der Waals surface area contributed by atoms with Gasteiger partial charge in [-0.3, -0.25) is 4.79 Å². The largest absolute Gasteiger partial charge is 0.465 e. The number of hydrogen-bond donors (Lipinski definition) is 1. The lowest BCUT2D eigenvalue weighted by atomic mass is 10.1. The molecule has 0 saturated heterocycles. The van der Waals surface area contributed by atoms with Crippen molar-refractivity contribution in [2.45, 2.75) is 10.8 Å². The topological polar surface area (TPSA) is 80.6 Å². The van der Waals surface area contributed by atoms with Crippen LogP contribution in [0, 0.1) is 0 Å². The first-order chi connectivity index (χ1) is 13.2. The van der Waals surface area contributed by atoms with E-state index in [1.165, 1.54) is 13.3 Å². The molecule has 0 radical (unpaired) electrons. The highest BCUT2D eigenvalue weighted by Gasteiger charge is 2.06. The zero-order chi connectivity index (χ0) is 19.1. The quantitative estimate of drug-likeness (QED) is 0.283. The van der Waals surface area contributed by atoms with E-state index in [2.05, 4.69) is 20.2 Å². The second kappa shape index (κ2) is 9.29. The molecule has 1 amide bonds. The molecule has 0 atom stereocenters. The van der Waals surface area contributed by atoms with Crippen LogP contribution in [0.3, 0.4) is 0 Å². The summed E-state index contributed by atoms with van der Waals surface area (Å²) < 4.78 is 6.74. The summed E-state index contributed by atoms with van der Waals surface area (Å²) in [6, 6.07) is 14.7. The minimum Gasteiger partial charge on any atom is -0.465 e. The van der Waals surface area contributed by atoms with Crippen LogP contribution in [0.1, 0.15) is 22.3 Å². The fourth-order valence-electron chi connectivity index (χ4n) is 2.20. The second-order valence-electron chi connectivity index (χ2n) is 5.45. The summed E-state index contributed by atoms with van der Waals surface area (Å²) in [5.74, 6) is 0.0816. The minimum absolute atomic E-state index is 0.161. The minimum atomic E-state index is -0.391. The normalized spacial score (nSPS) is 11.0. The fraction of sp³-hybridized carbons (Fsp3) is 0.158. The van der Waals surface area contributed by atoms with Gasteiger partial charge in [-0.05, 0) is 29.8 Å². The number of carbonyl (C=O) groups is 2. The predicted molar refractivity (Wildman–Crippen MR) is 108 cm³/mol. The number of carbonyl (C=O) groups excluding carboxylic acids is 2. The van der Waals surface area contributed by atoms with Crippen molar-refractivity contribution in [1.29, 1.82) is 0 Å². The van der Waals surface area contributed by atoms with Crippen molar-refractivity contribution >= 4 is 51.4 Å². The molecule has 1 heterocycles. The molecule has 3 aromatic rings. The zero-order valence-electron chi connectivity index (χ0n) is 14.5. The molecular weight excluding hydrogens is 382 g/mol. The highest BCUT2D eigenvalue weighted by molar-refractivity contribution is 8.01. The van der Waals surface area contributed by atoms with E-state index in [0.717, 1.165) is 20.1 Å². The van der Waals surface area contributed by atoms with Crippen molar-refractivity contribution in [2.24, 2.45) is 5.10 Å². The number of methoxy groups -OCH3 is 1. The number of hydrazone groups is 1. The number of nitrogens with zero attached hydrogens (tertiary/aromatic N) is 2. The molecule has 1 aromatic heterocycles. The summed E-state index contributed by atoms with van der Waals surface area (Å²) in [7, 11) is 1.34. The van der Waals surface area contributed by atoms with E-state index < -0.39 is 5.97 Å². The summed E-state index contributed by atoms with van der Waals surface area (Å²) in [6.07, 6.45) is 1.87. The molecule has 1 N–H and O–H groups in total. The Labute approximate surface area is 164 Å². The van der Waals surface area contributed by atoms with Crippen LogP contribution >= 0.6 is 23.1 Å². The van der Waals surface area contributed by atoms with E-state index in [4.69, 9.17) is 0 Å². The molecule has 0 aliphatic heterocycles. The Morgan fingerprint density at radius 2 is 2.00 bits per heavy atom. The number of nitrogens with one attached hydrogen (secondary N) is 1. The maximum Gasteiger partial charge on any atom is 0.337 e. The van der Waals surface area contributed by atoms with Crippen molar-refractivity contribution in [1.82, 2.24) is 10.4 Å². The van der Waals surface area contributed by atoms with Gasteiger partial charge in [-0.25, -0.2) is 15.2 Å². The van der Waals surface area contributed by atoms with E-state index in [9.17, 15) is 9.59 Å². The molecule has 0 spiro atoms. The molecule has 0 aliphatic rings. The molecule has 3 rings (SSSR count). The summed E-state index contributed by atoms with van der Waals surface area (Å²) in [4.78, 5) is 27.7. The molecule has 138 valence electrons. The first-order valence-corrected chi connectivity index (χ1v) is 9.94. The lowest BCUT2D eigenvalue weighted by Crippen LogP contribution is -2.17. The first kappa shape index (κ1) is 19.1. The average molecular weight is 399 g/mol. The highest BCUT2D eigenvalue weighted by Crippen LogP contribution is 2.29. The number of aromatic nitrogens is 1. The van der Waals surface area contributed by atoms with Crippen LogP contribution in [0.2, 0.25) is 0 Å². The lowest BCUT2D eigenvalue weighted by Gasteiger charge is -2.00. The number of esters is 1. The second-order valence-corrected chi connectivity index (χ2v) is 7.83. The Bertz CT molecular complexity index is 935. The van der Waals surface area contributed by atoms with Gasteiger partial charge in [-0.1, -0.05) is 36.0 Å². The molecule has 0 saturated carbocycles. The van der Waals surface area contributed by atoms with Crippen LogP contribution in [-0.2, 0) is 9.53 Å². The number of amides is 1. The van der Waals surface area contributed by atoms with Crippen LogP contribution < -0.4 is 5.43 Å². The van der Waals surface area contributed by atoms with E-state index in [0.29, 0.717) is 17.7 Å². The number of hydrogen-bond acceptors (Lipinski definition) is 7. The molecule has 2 aromatic carbocycles. The van der Waals surface area contributed by atoms with Gasteiger partial charge in [-0.15, -0.1) is 11.3 Å². The van der Waals surface area contributed by atoms with Gasteiger partial charge in [0.2, 0.25) is 5.91 Å². The van der Waals surface area contributed by atoms with E-state index in [1.54, 1.807) is 47.4 Å². The average Bonchev–Trinajstić information content (AvgIpc) is 3.10. The Kier molecular flexibility index (Phi) is 6.56. The molecular formula is C19H17N3O3S2. The molecule has 0 fully saturated rings. The predicted octanol–water partition coefficient (Wildman–Crippen LogP) is 3.72. The van der Waals surface area contributed by atoms with Crippen LogP contribution in [0.15, 0.2) is 58.0 Å². The third kappa shape index (κ3) is 5.38. The molecule has 0 aliphatic carbocycles. The summed E-state index contributed by atoms with van der Waals surface area (Å²) in [5, 5.41) is 3.93. The number of ether oxygens (including phenoxy) is 1. The van der Waals surface area contributed by atoms with E-state index >= 15 is 0 Å². The molecule has 0 bridgehead atoms. The number of thioether (sulfide) groups is 1. The van der Waals surface area contributed by atoms with Gasteiger partial charge in [0, 0.05) is 12.2 Å². The number of para-hydroxylation sites is 1. The van der Waals surface area contributed by atoms with Gasteiger partial charge >= 0.3 is 5.97 Å². The van der Waals surface area contributed by atoms with Crippen LogP contribution in [0.4, 0.5) is 0 Å². The Morgan fingerprint density at radius 3 is 2.74 bits per heavy atom. The standard InChI is InChI=1S/C19H17N3O3S2/c1-25-18(24)14-8-6-13(7-9-14)12-20-22-17(23)10-11-26-19-21-15-4-2-3-5-16(15)27-19/h2-9,12H,10-11H2,1H3,(H,22,23)/b20-12-.